The summed E-state index contributed by atoms with van der Waals surface area (Å²) in [6.45, 7) is 4.21. The van der Waals surface area contributed by atoms with Gasteiger partial charge in [-0.2, -0.15) is 0 Å². The van der Waals surface area contributed by atoms with Crippen molar-refractivity contribution in [2.75, 3.05) is 0 Å². The SMILES string of the molecule is CC(=O)NCc1ccc(-c2cccc(C)c2)cc1. The Balaban J connectivity index is 2.14. The summed E-state index contributed by atoms with van der Waals surface area (Å²) >= 11 is 0. The lowest BCUT2D eigenvalue weighted by Crippen LogP contribution is -2.18. The molecule has 0 aliphatic heterocycles. The molecule has 0 saturated heterocycles. The van der Waals surface area contributed by atoms with E-state index < -0.39 is 0 Å². The first kappa shape index (κ1) is 12.4. The van der Waals surface area contributed by atoms with E-state index in [0.717, 1.165) is 5.56 Å². The molecule has 2 heteroatoms. The molecule has 18 heavy (non-hydrogen) atoms. The molecule has 0 fully saturated rings. The van der Waals surface area contributed by atoms with Crippen LogP contribution in [-0.2, 0) is 11.3 Å². The van der Waals surface area contributed by atoms with Crippen LogP contribution in [0.4, 0.5) is 0 Å². The van der Waals surface area contributed by atoms with Crippen LogP contribution in [0.25, 0.3) is 11.1 Å². The van der Waals surface area contributed by atoms with Gasteiger partial charge < -0.3 is 5.32 Å². The number of amides is 1. The molecule has 0 heterocycles. The number of hydrogen-bond donors (Lipinski definition) is 1. The van der Waals surface area contributed by atoms with Crippen molar-refractivity contribution in [3.8, 4) is 11.1 Å². The van der Waals surface area contributed by atoms with Gasteiger partial charge in [0, 0.05) is 13.5 Å². The molecule has 0 bridgehead atoms. The summed E-state index contributed by atoms with van der Waals surface area (Å²) in [5.74, 6) is -0.00207. The molecule has 0 aliphatic rings. The van der Waals surface area contributed by atoms with Crippen molar-refractivity contribution in [3.63, 3.8) is 0 Å². The zero-order valence-corrected chi connectivity index (χ0v) is 10.7. The van der Waals surface area contributed by atoms with Crippen LogP contribution in [0.1, 0.15) is 18.1 Å². The lowest BCUT2D eigenvalue weighted by Gasteiger charge is -2.06. The maximum absolute atomic E-state index is 10.8. The van der Waals surface area contributed by atoms with Crippen molar-refractivity contribution in [2.45, 2.75) is 20.4 Å². The smallest absolute Gasteiger partial charge is 0.217 e. The topological polar surface area (TPSA) is 29.1 Å². The van der Waals surface area contributed by atoms with Crippen LogP contribution in [0.2, 0.25) is 0 Å². The highest BCUT2D eigenvalue weighted by atomic mass is 16.1. The van der Waals surface area contributed by atoms with Crippen LogP contribution in [-0.4, -0.2) is 5.91 Å². The van der Waals surface area contributed by atoms with E-state index in [1.54, 1.807) is 0 Å². The quantitative estimate of drug-likeness (QED) is 0.874. The van der Waals surface area contributed by atoms with E-state index >= 15 is 0 Å². The Morgan fingerprint density at radius 3 is 2.39 bits per heavy atom. The predicted octanol–water partition coefficient (Wildman–Crippen LogP) is 3.30. The van der Waals surface area contributed by atoms with Crippen LogP contribution in [0.3, 0.4) is 0 Å². The minimum absolute atomic E-state index is 0.00207. The summed E-state index contributed by atoms with van der Waals surface area (Å²) in [5.41, 5.74) is 4.79. The van der Waals surface area contributed by atoms with Crippen LogP contribution in [0, 0.1) is 6.92 Å². The summed E-state index contributed by atoms with van der Waals surface area (Å²) in [6, 6.07) is 16.7. The second-order valence-electron chi connectivity index (χ2n) is 4.48. The summed E-state index contributed by atoms with van der Waals surface area (Å²) < 4.78 is 0. The molecule has 1 N–H and O–H groups in total. The first-order valence-electron chi connectivity index (χ1n) is 6.05. The highest BCUT2D eigenvalue weighted by Crippen LogP contribution is 2.20. The molecule has 2 rings (SSSR count). The van der Waals surface area contributed by atoms with E-state index in [1.807, 2.05) is 12.1 Å². The molecule has 0 atom stereocenters. The van der Waals surface area contributed by atoms with E-state index in [4.69, 9.17) is 0 Å². The average Bonchev–Trinajstić information content (AvgIpc) is 2.37. The highest BCUT2D eigenvalue weighted by Gasteiger charge is 1.99. The lowest BCUT2D eigenvalue weighted by atomic mass is 10.0. The second kappa shape index (κ2) is 5.50. The third kappa shape index (κ3) is 3.20. The molecule has 0 aliphatic carbocycles. The number of carbonyl (C=O) groups excluding carboxylic acids is 1. The van der Waals surface area contributed by atoms with Gasteiger partial charge in [-0.25, -0.2) is 0 Å². The summed E-state index contributed by atoms with van der Waals surface area (Å²) in [7, 11) is 0. The fraction of sp³-hybridized carbons (Fsp3) is 0.188. The van der Waals surface area contributed by atoms with Gasteiger partial charge in [0.25, 0.3) is 0 Å². The normalized spacial score (nSPS) is 10.1. The Hall–Kier alpha value is -2.09. The number of aryl methyl sites for hydroxylation is 1. The first-order chi connectivity index (χ1) is 8.65. The average molecular weight is 239 g/mol. The molecular weight excluding hydrogens is 222 g/mol. The first-order valence-corrected chi connectivity index (χ1v) is 6.05. The molecule has 0 unspecified atom stereocenters. The maximum Gasteiger partial charge on any atom is 0.217 e. The van der Waals surface area contributed by atoms with Crippen molar-refractivity contribution in [1.82, 2.24) is 5.32 Å². The molecule has 2 aromatic rings. The van der Waals surface area contributed by atoms with Gasteiger partial charge in [0.05, 0.1) is 0 Å². The molecule has 2 nitrogen and oxygen atoms in total. The third-order valence-electron chi connectivity index (χ3n) is 2.85. The van der Waals surface area contributed by atoms with Crippen molar-refractivity contribution in [2.24, 2.45) is 0 Å². The van der Waals surface area contributed by atoms with Gasteiger partial charge >= 0.3 is 0 Å². The fourth-order valence-electron chi connectivity index (χ4n) is 1.87. The number of nitrogens with one attached hydrogen (secondary N) is 1. The Kier molecular flexibility index (Phi) is 3.78. The van der Waals surface area contributed by atoms with Crippen molar-refractivity contribution in [1.29, 1.82) is 0 Å². The van der Waals surface area contributed by atoms with Gasteiger partial charge in [0.15, 0.2) is 0 Å². The van der Waals surface area contributed by atoms with Gasteiger partial charge in [-0.15, -0.1) is 0 Å². The Morgan fingerprint density at radius 1 is 1.06 bits per heavy atom. The standard InChI is InChI=1S/C16H17NO/c1-12-4-3-5-16(10-12)15-8-6-14(7-9-15)11-17-13(2)18/h3-10H,11H2,1-2H3,(H,17,18). The van der Waals surface area contributed by atoms with E-state index in [1.165, 1.54) is 23.6 Å². The summed E-state index contributed by atoms with van der Waals surface area (Å²) in [6.07, 6.45) is 0. The summed E-state index contributed by atoms with van der Waals surface area (Å²) in [5, 5.41) is 2.79. The Labute approximate surface area is 108 Å². The predicted molar refractivity (Wildman–Crippen MR) is 74.1 cm³/mol. The monoisotopic (exact) mass is 239 g/mol. The second-order valence-corrected chi connectivity index (χ2v) is 4.48. The van der Waals surface area contributed by atoms with Crippen molar-refractivity contribution >= 4 is 5.91 Å². The van der Waals surface area contributed by atoms with Gasteiger partial charge in [-0.05, 0) is 23.6 Å². The van der Waals surface area contributed by atoms with E-state index in [-0.39, 0.29) is 5.91 Å². The molecular formula is C16H17NO. The van der Waals surface area contributed by atoms with Crippen LogP contribution < -0.4 is 5.32 Å². The van der Waals surface area contributed by atoms with E-state index in [2.05, 4.69) is 48.6 Å². The molecule has 0 saturated carbocycles. The molecule has 0 radical (unpaired) electrons. The van der Waals surface area contributed by atoms with Gasteiger partial charge in [-0.1, -0.05) is 54.1 Å². The molecule has 92 valence electrons. The zero-order chi connectivity index (χ0) is 13.0. The Morgan fingerprint density at radius 2 is 1.78 bits per heavy atom. The van der Waals surface area contributed by atoms with E-state index in [0.29, 0.717) is 6.54 Å². The van der Waals surface area contributed by atoms with Crippen LogP contribution >= 0.6 is 0 Å². The molecule has 0 spiro atoms. The van der Waals surface area contributed by atoms with Gasteiger partial charge in [-0.3, -0.25) is 4.79 Å². The van der Waals surface area contributed by atoms with E-state index in [9.17, 15) is 4.79 Å². The number of rotatable bonds is 3. The zero-order valence-electron chi connectivity index (χ0n) is 10.7. The summed E-state index contributed by atoms with van der Waals surface area (Å²) in [4.78, 5) is 10.8. The number of hydrogen-bond acceptors (Lipinski definition) is 1. The van der Waals surface area contributed by atoms with Crippen molar-refractivity contribution < 1.29 is 4.79 Å². The highest BCUT2D eigenvalue weighted by molar-refractivity contribution is 5.72. The largest absolute Gasteiger partial charge is 0.352 e. The molecule has 0 aromatic heterocycles. The minimum atomic E-state index is -0.00207. The van der Waals surface area contributed by atoms with Gasteiger partial charge in [0.2, 0.25) is 5.91 Å². The maximum atomic E-state index is 10.8. The van der Waals surface area contributed by atoms with Crippen LogP contribution in [0.5, 0.6) is 0 Å². The fourth-order valence-corrected chi connectivity index (χ4v) is 1.87. The molecule has 2 aromatic carbocycles. The lowest BCUT2D eigenvalue weighted by molar-refractivity contribution is -0.119. The Bertz CT molecular complexity index is 543. The number of benzene rings is 2. The van der Waals surface area contributed by atoms with Gasteiger partial charge in [0.1, 0.15) is 0 Å². The van der Waals surface area contributed by atoms with Crippen LogP contribution in [0.15, 0.2) is 48.5 Å². The third-order valence-corrected chi connectivity index (χ3v) is 2.85. The number of carbonyl (C=O) groups is 1. The minimum Gasteiger partial charge on any atom is -0.352 e. The van der Waals surface area contributed by atoms with Crippen molar-refractivity contribution in [3.05, 3.63) is 59.7 Å². The molecule has 1 amide bonds.